The number of allylic oxidation sites excluding steroid dienone is 1. The minimum Gasteiger partial charge on any atom is -0.505 e. The van der Waals surface area contributed by atoms with Crippen molar-refractivity contribution in [3.63, 3.8) is 0 Å². The lowest BCUT2D eigenvalue weighted by molar-refractivity contribution is 0.0697. The first-order valence-electron chi connectivity index (χ1n) is 4.17. The molecule has 5 heteroatoms. The monoisotopic (exact) mass is 214 g/mol. The van der Waals surface area contributed by atoms with Crippen molar-refractivity contribution >= 4 is 11.7 Å². The first-order chi connectivity index (χ1) is 7.60. The van der Waals surface area contributed by atoms with Crippen LogP contribution in [0.2, 0.25) is 0 Å². The van der Waals surface area contributed by atoms with E-state index in [1.807, 2.05) is 0 Å². The summed E-state index contributed by atoms with van der Waals surface area (Å²) in [5, 5.41) is 35.2. The fourth-order valence-electron chi connectivity index (χ4n) is 1.05. The van der Waals surface area contributed by atoms with E-state index in [4.69, 9.17) is 15.6 Å². The number of carboxylic acid groups (broad SMARTS) is 1. The molecule has 0 aliphatic rings. The van der Waals surface area contributed by atoms with Crippen molar-refractivity contribution in [2.24, 2.45) is 0 Å². The molecule has 0 saturated carbocycles. The predicted octanol–water partition coefficient (Wildman–Crippen LogP) is 1.70. The van der Waals surface area contributed by atoms with Gasteiger partial charge in [0.25, 0.3) is 0 Å². The highest BCUT2D eigenvalue weighted by molar-refractivity contribution is 5.88. The number of rotatable bonds is 2. The molecule has 2 N–H and O–H groups in total. The molecule has 0 spiro atoms. The number of aliphatic hydroxyl groups is 1. The Hall–Kier alpha value is -2.79. The molecule has 0 aromatic heterocycles. The molecule has 0 fully saturated rings. The molecule has 0 aliphatic carbocycles. The molecule has 78 valence electrons. The Morgan fingerprint density at radius 1 is 1.00 bits per heavy atom. The highest BCUT2D eigenvalue weighted by Crippen LogP contribution is 2.16. The van der Waals surface area contributed by atoms with Gasteiger partial charge < -0.3 is 10.2 Å². The van der Waals surface area contributed by atoms with Gasteiger partial charge in [-0.2, -0.15) is 10.5 Å². The van der Waals surface area contributed by atoms with Gasteiger partial charge in [-0.25, -0.2) is 4.79 Å². The van der Waals surface area contributed by atoms with Gasteiger partial charge in [0.1, 0.15) is 12.1 Å². The van der Waals surface area contributed by atoms with E-state index >= 15 is 0 Å². The first kappa shape index (κ1) is 11.3. The molecule has 0 amide bonds. The molecule has 1 aromatic carbocycles. The van der Waals surface area contributed by atoms with Gasteiger partial charge in [0.05, 0.1) is 5.56 Å². The van der Waals surface area contributed by atoms with E-state index in [0.29, 0.717) is 0 Å². The zero-order valence-electron chi connectivity index (χ0n) is 8.01. The summed E-state index contributed by atoms with van der Waals surface area (Å²) in [6.45, 7) is 0. The zero-order chi connectivity index (χ0) is 12.1. The second-order valence-electron chi connectivity index (χ2n) is 2.83. The molecular formula is C11H6N2O3. The van der Waals surface area contributed by atoms with Gasteiger partial charge >= 0.3 is 5.97 Å². The lowest BCUT2D eigenvalue weighted by Gasteiger charge is -2.00. The third-order valence-corrected chi connectivity index (χ3v) is 1.87. The number of hydrogen-bond acceptors (Lipinski definition) is 4. The van der Waals surface area contributed by atoms with Crippen LogP contribution in [0, 0.1) is 22.7 Å². The Morgan fingerprint density at radius 3 is 1.81 bits per heavy atom. The summed E-state index contributed by atoms with van der Waals surface area (Å²) in [6.07, 6.45) is 0. The van der Waals surface area contributed by atoms with E-state index in [9.17, 15) is 9.90 Å². The molecule has 0 aliphatic heterocycles. The summed E-state index contributed by atoms with van der Waals surface area (Å²) < 4.78 is 0. The number of hydrogen-bond donors (Lipinski definition) is 2. The quantitative estimate of drug-likeness (QED) is 0.575. The molecule has 0 saturated heterocycles. The summed E-state index contributed by atoms with van der Waals surface area (Å²) >= 11 is 0. The SMILES string of the molecule is N#CC(C#N)=C(O)c1ccc(C(=O)O)cc1. The molecule has 1 rings (SSSR count). The van der Waals surface area contributed by atoms with Crippen LogP contribution in [-0.4, -0.2) is 16.2 Å². The number of aliphatic hydroxyl groups excluding tert-OH is 1. The Bertz CT molecular complexity index is 514. The molecular weight excluding hydrogens is 208 g/mol. The van der Waals surface area contributed by atoms with Crippen molar-refractivity contribution in [1.29, 1.82) is 10.5 Å². The maximum Gasteiger partial charge on any atom is 0.335 e. The topological polar surface area (TPSA) is 105 Å². The third-order valence-electron chi connectivity index (χ3n) is 1.87. The number of aromatic carboxylic acids is 1. The summed E-state index contributed by atoms with van der Waals surface area (Å²) in [7, 11) is 0. The van der Waals surface area contributed by atoms with Crippen molar-refractivity contribution in [2.75, 3.05) is 0 Å². The molecule has 0 radical (unpaired) electrons. The van der Waals surface area contributed by atoms with Crippen LogP contribution in [-0.2, 0) is 0 Å². The maximum atomic E-state index is 10.5. The van der Waals surface area contributed by atoms with Crippen molar-refractivity contribution in [2.45, 2.75) is 0 Å². The lowest BCUT2D eigenvalue weighted by Crippen LogP contribution is -1.96. The average molecular weight is 214 g/mol. The van der Waals surface area contributed by atoms with Crippen molar-refractivity contribution in [1.82, 2.24) is 0 Å². The fourth-order valence-corrected chi connectivity index (χ4v) is 1.05. The molecule has 5 nitrogen and oxygen atoms in total. The van der Waals surface area contributed by atoms with Crippen LogP contribution in [0.5, 0.6) is 0 Å². The maximum absolute atomic E-state index is 10.5. The van der Waals surface area contributed by atoms with Crippen LogP contribution in [0.15, 0.2) is 29.8 Å². The number of nitriles is 2. The second-order valence-corrected chi connectivity index (χ2v) is 2.83. The fraction of sp³-hybridized carbons (Fsp3) is 0. The molecule has 16 heavy (non-hydrogen) atoms. The normalized spacial score (nSPS) is 8.62. The molecule has 0 heterocycles. The lowest BCUT2D eigenvalue weighted by atomic mass is 10.1. The van der Waals surface area contributed by atoms with Gasteiger partial charge in [0.15, 0.2) is 11.3 Å². The van der Waals surface area contributed by atoms with Gasteiger partial charge in [-0.15, -0.1) is 0 Å². The van der Waals surface area contributed by atoms with Crippen molar-refractivity contribution in [3.05, 3.63) is 41.0 Å². The van der Waals surface area contributed by atoms with Gasteiger partial charge in [-0.05, 0) is 12.1 Å². The first-order valence-corrected chi connectivity index (χ1v) is 4.17. The summed E-state index contributed by atoms with van der Waals surface area (Å²) in [4.78, 5) is 10.5. The van der Waals surface area contributed by atoms with Crippen LogP contribution in [0.3, 0.4) is 0 Å². The largest absolute Gasteiger partial charge is 0.505 e. The van der Waals surface area contributed by atoms with E-state index in [-0.39, 0.29) is 11.1 Å². The Labute approximate surface area is 91.1 Å². The minimum absolute atomic E-state index is 0.0621. The summed E-state index contributed by atoms with van der Waals surface area (Å²) in [5.74, 6) is -1.54. The summed E-state index contributed by atoms with van der Waals surface area (Å²) in [6, 6.07) is 8.29. The van der Waals surface area contributed by atoms with Gasteiger partial charge in [-0.1, -0.05) is 12.1 Å². The van der Waals surface area contributed by atoms with E-state index < -0.39 is 17.3 Å². The number of benzene rings is 1. The van der Waals surface area contributed by atoms with E-state index in [0.717, 1.165) is 0 Å². The molecule has 1 aromatic rings. The Balaban J connectivity index is 3.19. The standard InChI is InChI=1S/C11H6N2O3/c12-5-9(6-13)10(14)7-1-3-8(4-2-7)11(15)16/h1-4,14H,(H,15,16). The van der Waals surface area contributed by atoms with Crippen LogP contribution >= 0.6 is 0 Å². The third kappa shape index (κ3) is 2.17. The van der Waals surface area contributed by atoms with Gasteiger partial charge in [-0.3, -0.25) is 0 Å². The molecule has 0 bridgehead atoms. The average Bonchev–Trinajstić information content (AvgIpc) is 2.30. The van der Waals surface area contributed by atoms with Crippen LogP contribution in [0.4, 0.5) is 0 Å². The zero-order valence-corrected chi connectivity index (χ0v) is 8.01. The minimum atomic E-state index is -1.09. The Morgan fingerprint density at radius 2 is 1.44 bits per heavy atom. The summed E-state index contributed by atoms with van der Waals surface area (Å²) in [5.41, 5.74) is -0.127. The van der Waals surface area contributed by atoms with Gasteiger partial charge in [0.2, 0.25) is 0 Å². The molecule has 0 unspecified atom stereocenters. The number of nitrogens with zero attached hydrogens (tertiary/aromatic N) is 2. The predicted molar refractivity (Wildman–Crippen MR) is 54.2 cm³/mol. The van der Waals surface area contributed by atoms with Gasteiger partial charge in [0, 0.05) is 5.56 Å². The highest BCUT2D eigenvalue weighted by atomic mass is 16.4. The van der Waals surface area contributed by atoms with E-state index in [2.05, 4.69) is 0 Å². The van der Waals surface area contributed by atoms with E-state index in [1.165, 1.54) is 36.4 Å². The smallest absolute Gasteiger partial charge is 0.335 e. The van der Waals surface area contributed by atoms with Crippen molar-refractivity contribution in [3.8, 4) is 12.1 Å². The van der Waals surface area contributed by atoms with Crippen molar-refractivity contribution < 1.29 is 15.0 Å². The number of carbonyl (C=O) groups is 1. The Kier molecular flexibility index (Phi) is 3.26. The van der Waals surface area contributed by atoms with Crippen LogP contribution in [0.1, 0.15) is 15.9 Å². The number of carboxylic acids is 1. The second kappa shape index (κ2) is 4.63. The van der Waals surface area contributed by atoms with Crippen LogP contribution < -0.4 is 0 Å². The van der Waals surface area contributed by atoms with E-state index in [1.54, 1.807) is 0 Å². The highest BCUT2D eigenvalue weighted by Gasteiger charge is 2.08. The van der Waals surface area contributed by atoms with Crippen LogP contribution in [0.25, 0.3) is 5.76 Å². The molecule has 0 atom stereocenters.